The van der Waals surface area contributed by atoms with Crippen molar-refractivity contribution in [2.75, 3.05) is 33.2 Å². The van der Waals surface area contributed by atoms with Gasteiger partial charge in [0.15, 0.2) is 0 Å². The Morgan fingerprint density at radius 2 is 1.93 bits per heavy atom. The number of aliphatic imine (C=N–C) groups is 1. The van der Waals surface area contributed by atoms with Gasteiger partial charge in [0.25, 0.3) is 5.91 Å². The van der Waals surface area contributed by atoms with Crippen LogP contribution in [0.3, 0.4) is 0 Å². The molecule has 1 aromatic heterocycles. The summed E-state index contributed by atoms with van der Waals surface area (Å²) in [4.78, 5) is 23.7. The van der Waals surface area contributed by atoms with Crippen LogP contribution in [0, 0.1) is 28.0 Å². The number of rotatable bonds is 7. The molecule has 3 heterocycles. The Labute approximate surface area is 257 Å². The van der Waals surface area contributed by atoms with Gasteiger partial charge in [0, 0.05) is 63.0 Å². The summed E-state index contributed by atoms with van der Waals surface area (Å²) in [6.45, 7) is 7.88. The zero-order valence-electron chi connectivity index (χ0n) is 25.8. The van der Waals surface area contributed by atoms with Crippen LogP contribution in [-0.2, 0) is 19.4 Å². The Bertz CT molecular complexity index is 1310. The number of fused-ring (bicyclic) bond motifs is 1. The fraction of sp³-hybridized carbons (Fsp3) is 0.531. The van der Waals surface area contributed by atoms with E-state index in [1.807, 2.05) is 6.20 Å². The smallest absolute Gasteiger partial charge is 0.327 e. The Kier molecular flexibility index (Phi) is 12.3. The lowest BCUT2D eigenvalue weighted by Crippen LogP contribution is -2.60. The Hall–Kier alpha value is -3.51. The summed E-state index contributed by atoms with van der Waals surface area (Å²) in [5, 5.41) is 16.4. The second kappa shape index (κ2) is 15.5. The van der Waals surface area contributed by atoms with Crippen molar-refractivity contribution in [3.63, 3.8) is 0 Å². The number of nitrogens with zero attached hydrogens (tertiary/aromatic N) is 4. The Balaban J connectivity index is 0.000000222. The molecule has 0 bridgehead atoms. The van der Waals surface area contributed by atoms with Gasteiger partial charge in [-0.25, -0.2) is 4.39 Å². The highest BCUT2D eigenvalue weighted by molar-refractivity contribution is 6.15. The maximum absolute atomic E-state index is 13.3. The van der Waals surface area contributed by atoms with Crippen LogP contribution in [0.2, 0.25) is 0 Å². The van der Waals surface area contributed by atoms with Crippen LogP contribution in [0.5, 0.6) is 0 Å². The number of nitrogens with one attached hydrogen (secondary N) is 3. The Morgan fingerprint density at radius 1 is 1.25 bits per heavy atom. The van der Waals surface area contributed by atoms with Gasteiger partial charge in [-0.1, -0.05) is 0 Å². The molecular weight excluding hydrogens is 574 g/mol. The lowest BCUT2D eigenvalue weighted by atomic mass is 9.56. The minimum atomic E-state index is -4.56. The molecule has 0 unspecified atom stereocenters. The van der Waals surface area contributed by atoms with Crippen LogP contribution in [-0.4, -0.2) is 84.8 Å². The van der Waals surface area contributed by atoms with Crippen LogP contribution >= 0.6 is 0 Å². The number of pyridine rings is 1. The van der Waals surface area contributed by atoms with Crippen LogP contribution < -0.4 is 5.32 Å². The first-order valence-electron chi connectivity index (χ1n) is 14.8. The lowest BCUT2D eigenvalue weighted by molar-refractivity contribution is -0.143. The monoisotopic (exact) mass is 617 g/mol. The van der Waals surface area contributed by atoms with E-state index in [1.54, 1.807) is 12.5 Å². The molecule has 0 radical (unpaired) electrons. The SMILES string of the molecule is CC(C)N(CC(F)(F)F)C(=O)c1cc(F)ccc1N=CC=N.CC=N.CN1CC2(CC(Cc3ccnc4c3CNCC4)C2)C1. The molecule has 1 amide bonds. The van der Waals surface area contributed by atoms with E-state index in [1.165, 1.54) is 69.7 Å². The summed E-state index contributed by atoms with van der Waals surface area (Å²) in [5.41, 5.74) is 4.84. The highest BCUT2D eigenvalue weighted by Crippen LogP contribution is 2.52. The van der Waals surface area contributed by atoms with Crippen LogP contribution in [0.25, 0.3) is 0 Å². The summed E-state index contributed by atoms with van der Waals surface area (Å²) in [5.74, 6) is -0.807. The molecule has 1 spiro atoms. The molecule has 1 saturated heterocycles. The van der Waals surface area contributed by atoms with Crippen molar-refractivity contribution < 1.29 is 22.4 Å². The third kappa shape index (κ3) is 9.49. The summed E-state index contributed by atoms with van der Waals surface area (Å²) in [6.07, 6.45) is 5.86. The number of carbonyl (C=O) groups is 1. The normalized spacial score (nSPS) is 17.4. The van der Waals surface area contributed by atoms with Gasteiger partial charge in [-0.15, -0.1) is 0 Å². The van der Waals surface area contributed by atoms with E-state index < -0.39 is 30.5 Å². The zero-order valence-corrected chi connectivity index (χ0v) is 25.8. The largest absolute Gasteiger partial charge is 0.406 e. The number of carbonyl (C=O) groups excluding carboxylic acids is 1. The molecule has 0 atom stereocenters. The number of halogens is 4. The van der Waals surface area contributed by atoms with Gasteiger partial charge in [0.2, 0.25) is 0 Å². The molecular formula is C32H43F4N7O. The third-order valence-corrected chi connectivity index (χ3v) is 7.96. The molecule has 1 aromatic carbocycles. The number of hydrogen-bond donors (Lipinski definition) is 3. The number of amides is 1. The van der Waals surface area contributed by atoms with Crippen LogP contribution in [0.15, 0.2) is 35.5 Å². The number of benzene rings is 1. The number of aromatic nitrogens is 1. The minimum Gasteiger partial charge on any atom is -0.327 e. The fourth-order valence-corrected chi connectivity index (χ4v) is 6.35. The highest BCUT2D eigenvalue weighted by atomic mass is 19.4. The summed E-state index contributed by atoms with van der Waals surface area (Å²) >= 11 is 0. The van der Waals surface area contributed by atoms with Crippen molar-refractivity contribution in [3.8, 4) is 0 Å². The first-order valence-corrected chi connectivity index (χ1v) is 14.8. The molecule has 1 saturated carbocycles. The van der Waals surface area contributed by atoms with Gasteiger partial charge in [0.05, 0.1) is 11.3 Å². The maximum Gasteiger partial charge on any atom is 0.406 e. The van der Waals surface area contributed by atoms with Crippen molar-refractivity contribution in [1.29, 1.82) is 10.8 Å². The summed E-state index contributed by atoms with van der Waals surface area (Å²) < 4.78 is 51.1. The summed E-state index contributed by atoms with van der Waals surface area (Å²) in [7, 11) is 2.24. The average molecular weight is 618 g/mol. The highest BCUT2D eigenvalue weighted by Gasteiger charge is 2.50. The van der Waals surface area contributed by atoms with E-state index in [0.29, 0.717) is 10.3 Å². The topological polar surface area (TPSA) is 109 Å². The molecule has 1 aliphatic carbocycles. The van der Waals surface area contributed by atoms with Gasteiger partial charge in [-0.2, -0.15) is 13.2 Å². The molecule has 2 fully saturated rings. The number of likely N-dealkylation sites (tertiary alicyclic amines) is 1. The zero-order chi connectivity index (χ0) is 32.5. The van der Waals surface area contributed by atoms with Gasteiger partial charge in [0.1, 0.15) is 12.4 Å². The summed E-state index contributed by atoms with van der Waals surface area (Å²) in [6, 6.07) is 4.58. The molecule has 240 valence electrons. The van der Waals surface area contributed by atoms with E-state index in [0.717, 1.165) is 50.0 Å². The predicted octanol–water partition coefficient (Wildman–Crippen LogP) is 5.86. The van der Waals surface area contributed by atoms with Gasteiger partial charge < -0.3 is 25.9 Å². The first-order chi connectivity index (χ1) is 20.8. The van der Waals surface area contributed by atoms with Crippen molar-refractivity contribution >= 4 is 30.2 Å². The van der Waals surface area contributed by atoms with Crippen LogP contribution in [0.4, 0.5) is 23.2 Å². The van der Waals surface area contributed by atoms with Crippen molar-refractivity contribution in [2.24, 2.45) is 16.3 Å². The standard InChI is InChI=1S/C16H23N3.C14H15F4N3O.C2H5N/c1-19-10-16(11-19)7-12(8-16)6-13-2-5-18-15-3-4-17-9-14(13)15;1-9(2)21(8-14(16,17)18)13(22)11-7-10(15)3-4-12(11)20-6-5-19;1-2-3/h2,5,12,17H,3-4,6-11H2,1H3;3-7,9,19H,8H2,1-2H3;2-3H,1H3. The molecule has 44 heavy (non-hydrogen) atoms. The quantitative estimate of drug-likeness (QED) is 0.267. The second-order valence-electron chi connectivity index (χ2n) is 12.0. The molecule has 2 aliphatic heterocycles. The first kappa shape index (κ1) is 35.0. The van der Waals surface area contributed by atoms with Gasteiger partial charge in [-0.05, 0) is 100 Å². The van der Waals surface area contributed by atoms with Crippen molar-refractivity contribution in [1.82, 2.24) is 20.1 Å². The number of alkyl halides is 3. The molecule has 12 heteroatoms. The molecule has 2 aromatic rings. The van der Waals surface area contributed by atoms with E-state index in [2.05, 4.69) is 33.3 Å². The lowest BCUT2D eigenvalue weighted by Gasteiger charge is -2.58. The Morgan fingerprint density at radius 3 is 2.52 bits per heavy atom. The third-order valence-electron chi connectivity index (χ3n) is 7.96. The van der Waals surface area contributed by atoms with E-state index in [9.17, 15) is 22.4 Å². The second-order valence-corrected chi connectivity index (χ2v) is 12.0. The van der Waals surface area contributed by atoms with E-state index in [-0.39, 0.29) is 11.3 Å². The van der Waals surface area contributed by atoms with Crippen molar-refractivity contribution in [3.05, 3.63) is 58.7 Å². The fourth-order valence-electron chi connectivity index (χ4n) is 6.35. The van der Waals surface area contributed by atoms with Crippen molar-refractivity contribution in [2.45, 2.75) is 65.2 Å². The molecule has 8 nitrogen and oxygen atoms in total. The molecule has 3 N–H and O–H groups in total. The van der Waals surface area contributed by atoms with Gasteiger partial charge >= 0.3 is 6.18 Å². The molecule has 5 rings (SSSR count). The average Bonchev–Trinajstić information content (AvgIpc) is 2.93. The van der Waals surface area contributed by atoms with Gasteiger partial charge in [-0.3, -0.25) is 14.8 Å². The predicted molar refractivity (Wildman–Crippen MR) is 166 cm³/mol. The van der Waals surface area contributed by atoms with E-state index >= 15 is 0 Å². The maximum atomic E-state index is 13.3. The molecule has 3 aliphatic rings. The minimum absolute atomic E-state index is 0.00252. The van der Waals surface area contributed by atoms with E-state index in [4.69, 9.17) is 10.8 Å². The van der Waals surface area contributed by atoms with Crippen LogP contribution in [0.1, 0.15) is 60.8 Å². The number of hydrogen-bond acceptors (Lipinski definition) is 7.